The molecule has 1 unspecified atom stereocenters. The summed E-state index contributed by atoms with van der Waals surface area (Å²) in [6.45, 7) is 6.41. The molecule has 0 aromatic carbocycles. The Morgan fingerprint density at radius 3 is 2.75 bits per heavy atom. The Kier molecular flexibility index (Phi) is 3.25. The maximum atomic E-state index is 5.29. The minimum atomic E-state index is 0.245. The van der Waals surface area contributed by atoms with Gasteiger partial charge in [-0.05, 0) is 41.5 Å². The van der Waals surface area contributed by atoms with Crippen molar-refractivity contribution in [1.82, 2.24) is 14.8 Å². The first kappa shape index (κ1) is 11.5. The van der Waals surface area contributed by atoms with Crippen molar-refractivity contribution in [2.75, 3.05) is 0 Å². The molecule has 0 aliphatic heterocycles. The number of rotatable bonds is 3. The zero-order valence-electron chi connectivity index (χ0n) is 9.60. The second kappa shape index (κ2) is 4.51. The summed E-state index contributed by atoms with van der Waals surface area (Å²) in [6, 6.07) is 2.38. The number of nitrogens with one attached hydrogen (secondary N) is 1. The number of hydrogen-bond donors (Lipinski definition) is 1. The summed E-state index contributed by atoms with van der Waals surface area (Å²) in [5.41, 5.74) is 1.28. The number of H-pyrrole nitrogens is 1. The van der Waals surface area contributed by atoms with Gasteiger partial charge in [0.1, 0.15) is 5.82 Å². The Labute approximate surface area is 104 Å². The second-order valence-electron chi connectivity index (χ2n) is 4.14. The molecule has 0 saturated carbocycles. The summed E-state index contributed by atoms with van der Waals surface area (Å²) in [5.74, 6) is 1.39. The van der Waals surface area contributed by atoms with Crippen molar-refractivity contribution in [2.24, 2.45) is 0 Å². The molecular weight excluding hydrogens is 238 g/mol. The molecule has 86 valence electrons. The molecule has 0 aliphatic carbocycles. The smallest absolute Gasteiger partial charge is 0.195 e. The first-order chi connectivity index (χ1) is 7.61. The Hall–Kier alpha value is -0.940. The molecule has 2 heterocycles. The Balaban J connectivity index is 2.47. The standard InChI is InChI=1S/C11H15N3S2/c1-7(2)10-12-13-11(15)14(10)8(3)9-4-5-16-6-9/h4-8H,1-3H3,(H,13,15). The number of aromatic amines is 1. The van der Waals surface area contributed by atoms with Crippen LogP contribution in [-0.2, 0) is 0 Å². The first-order valence-corrected chi connectivity index (χ1v) is 6.65. The normalized spacial score (nSPS) is 13.2. The molecular formula is C11H15N3S2. The molecule has 0 spiro atoms. The molecule has 0 amide bonds. The highest BCUT2D eigenvalue weighted by atomic mass is 32.1. The van der Waals surface area contributed by atoms with E-state index in [0.717, 1.165) is 5.82 Å². The van der Waals surface area contributed by atoms with Gasteiger partial charge < -0.3 is 0 Å². The highest BCUT2D eigenvalue weighted by Crippen LogP contribution is 2.24. The SMILES string of the molecule is CC(C)c1n[nH]c(=S)n1C(C)c1ccsc1. The molecule has 2 aromatic rings. The van der Waals surface area contributed by atoms with Crippen LogP contribution < -0.4 is 0 Å². The molecule has 3 nitrogen and oxygen atoms in total. The highest BCUT2D eigenvalue weighted by Gasteiger charge is 2.16. The lowest BCUT2D eigenvalue weighted by atomic mass is 10.1. The fourth-order valence-corrected chi connectivity index (χ4v) is 2.80. The van der Waals surface area contributed by atoms with E-state index in [1.807, 2.05) is 0 Å². The molecule has 0 radical (unpaired) electrons. The minimum absolute atomic E-state index is 0.245. The van der Waals surface area contributed by atoms with Gasteiger partial charge in [0.15, 0.2) is 4.77 Å². The monoisotopic (exact) mass is 253 g/mol. The van der Waals surface area contributed by atoms with Gasteiger partial charge in [0.05, 0.1) is 6.04 Å². The van der Waals surface area contributed by atoms with Gasteiger partial charge in [-0.25, -0.2) is 0 Å². The minimum Gasteiger partial charge on any atom is -0.297 e. The third kappa shape index (κ3) is 1.97. The maximum Gasteiger partial charge on any atom is 0.195 e. The summed E-state index contributed by atoms with van der Waals surface area (Å²) < 4.78 is 2.80. The quantitative estimate of drug-likeness (QED) is 0.845. The molecule has 0 fully saturated rings. The van der Waals surface area contributed by atoms with Crippen molar-refractivity contribution in [3.63, 3.8) is 0 Å². The van der Waals surface area contributed by atoms with E-state index < -0.39 is 0 Å². The van der Waals surface area contributed by atoms with E-state index >= 15 is 0 Å². The van der Waals surface area contributed by atoms with E-state index in [2.05, 4.69) is 52.4 Å². The molecule has 2 rings (SSSR count). The second-order valence-corrected chi connectivity index (χ2v) is 5.31. The van der Waals surface area contributed by atoms with Crippen LogP contribution in [0.25, 0.3) is 0 Å². The average molecular weight is 253 g/mol. The van der Waals surface area contributed by atoms with E-state index in [4.69, 9.17) is 12.2 Å². The van der Waals surface area contributed by atoms with Crippen molar-refractivity contribution in [3.8, 4) is 0 Å². The predicted octanol–water partition coefficient (Wildman–Crippen LogP) is 3.73. The number of nitrogens with zero attached hydrogens (tertiary/aromatic N) is 2. The fourth-order valence-electron chi connectivity index (χ4n) is 1.76. The van der Waals surface area contributed by atoms with Crippen LogP contribution in [0, 0.1) is 4.77 Å². The van der Waals surface area contributed by atoms with Crippen LogP contribution in [0.1, 0.15) is 44.1 Å². The Bertz CT molecular complexity index is 508. The zero-order chi connectivity index (χ0) is 11.7. The lowest BCUT2D eigenvalue weighted by molar-refractivity contribution is 0.574. The maximum absolute atomic E-state index is 5.29. The van der Waals surface area contributed by atoms with Crippen LogP contribution in [0.15, 0.2) is 16.8 Å². The van der Waals surface area contributed by atoms with Crippen molar-refractivity contribution < 1.29 is 0 Å². The lowest BCUT2D eigenvalue weighted by Crippen LogP contribution is -2.11. The van der Waals surface area contributed by atoms with E-state index in [1.54, 1.807) is 11.3 Å². The molecule has 0 saturated heterocycles. The van der Waals surface area contributed by atoms with Gasteiger partial charge in [0, 0.05) is 5.92 Å². The molecule has 1 N–H and O–H groups in total. The van der Waals surface area contributed by atoms with Crippen molar-refractivity contribution in [2.45, 2.75) is 32.7 Å². The van der Waals surface area contributed by atoms with Gasteiger partial charge in [-0.15, -0.1) is 0 Å². The van der Waals surface area contributed by atoms with E-state index in [9.17, 15) is 0 Å². The zero-order valence-corrected chi connectivity index (χ0v) is 11.2. The lowest BCUT2D eigenvalue weighted by Gasteiger charge is -2.15. The Morgan fingerprint density at radius 2 is 2.19 bits per heavy atom. The van der Waals surface area contributed by atoms with Crippen molar-refractivity contribution in [1.29, 1.82) is 0 Å². The van der Waals surface area contributed by atoms with E-state index in [1.165, 1.54) is 5.56 Å². The topological polar surface area (TPSA) is 33.6 Å². The van der Waals surface area contributed by atoms with Gasteiger partial charge in [-0.2, -0.15) is 16.4 Å². The third-order valence-electron chi connectivity index (χ3n) is 2.66. The summed E-state index contributed by atoms with van der Waals surface area (Å²) >= 11 is 7.00. The largest absolute Gasteiger partial charge is 0.297 e. The number of aromatic nitrogens is 3. The van der Waals surface area contributed by atoms with E-state index in [-0.39, 0.29) is 6.04 Å². The van der Waals surface area contributed by atoms with Gasteiger partial charge in [0.25, 0.3) is 0 Å². The molecule has 0 bridgehead atoms. The van der Waals surface area contributed by atoms with Crippen LogP contribution in [0.2, 0.25) is 0 Å². The summed E-state index contributed by atoms with van der Waals surface area (Å²) in [5, 5.41) is 11.4. The van der Waals surface area contributed by atoms with Gasteiger partial charge in [0.2, 0.25) is 0 Å². The van der Waals surface area contributed by atoms with Crippen LogP contribution >= 0.6 is 23.6 Å². The molecule has 1 atom stereocenters. The highest BCUT2D eigenvalue weighted by molar-refractivity contribution is 7.71. The average Bonchev–Trinajstić information content (AvgIpc) is 2.84. The molecule has 16 heavy (non-hydrogen) atoms. The van der Waals surface area contributed by atoms with Crippen molar-refractivity contribution in [3.05, 3.63) is 33.0 Å². The van der Waals surface area contributed by atoms with Crippen LogP contribution in [0.4, 0.5) is 0 Å². The number of hydrogen-bond acceptors (Lipinski definition) is 3. The number of thiophene rings is 1. The van der Waals surface area contributed by atoms with Gasteiger partial charge >= 0.3 is 0 Å². The van der Waals surface area contributed by atoms with Crippen LogP contribution in [-0.4, -0.2) is 14.8 Å². The Morgan fingerprint density at radius 1 is 1.44 bits per heavy atom. The van der Waals surface area contributed by atoms with E-state index in [0.29, 0.717) is 10.7 Å². The van der Waals surface area contributed by atoms with Crippen LogP contribution in [0.5, 0.6) is 0 Å². The van der Waals surface area contributed by atoms with Crippen molar-refractivity contribution >= 4 is 23.6 Å². The summed E-state index contributed by atoms with van der Waals surface area (Å²) in [4.78, 5) is 0. The first-order valence-electron chi connectivity index (χ1n) is 5.30. The molecule has 5 heteroatoms. The van der Waals surface area contributed by atoms with Gasteiger partial charge in [-0.3, -0.25) is 9.67 Å². The van der Waals surface area contributed by atoms with Gasteiger partial charge in [-0.1, -0.05) is 13.8 Å². The van der Waals surface area contributed by atoms with Crippen LogP contribution in [0.3, 0.4) is 0 Å². The molecule has 0 aliphatic rings. The third-order valence-corrected chi connectivity index (χ3v) is 3.65. The molecule has 2 aromatic heterocycles. The predicted molar refractivity (Wildman–Crippen MR) is 69.6 cm³/mol. The summed E-state index contributed by atoms with van der Waals surface area (Å²) in [7, 11) is 0. The fraction of sp³-hybridized carbons (Fsp3) is 0.455. The summed E-state index contributed by atoms with van der Waals surface area (Å²) in [6.07, 6.45) is 0.